The zero-order chi connectivity index (χ0) is 13.2. The minimum atomic E-state index is 0.208. The van der Waals surface area contributed by atoms with Crippen LogP contribution in [0, 0.1) is 11.8 Å². The van der Waals surface area contributed by atoms with E-state index in [2.05, 4.69) is 35.8 Å². The van der Waals surface area contributed by atoms with E-state index in [9.17, 15) is 0 Å². The topological polar surface area (TPSA) is 49.5 Å². The largest absolute Gasteiger partial charge is 0.395 e. The molecule has 98 valence electrons. The fraction of sp³-hybridized carbons (Fsp3) is 0.467. The average Bonchev–Trinajstić information content (AvgIpc) is 2.38. The quantitative estimate of drug-likeness (QED) is 0.742. The molecule has 0 spiro atoms. The number of benzene rings is 1. The average molecular weight is 246 g/mol. The van der Waals surface area contributed by atoms with Crippen molar-refractivity contribution < 1.29 is 5.11 Å². The molecule has 0 fully saturated rings. The van der Waals surface area contributed by atoms with Gasteiger partial charge in [0.1, 0.15) is 0 Å². The first-order chi connectivity index (χ1) is 8.80. The van der Waals surface area contributed by atoms with Crippen LogP contribution in [0.25, 0.3) is 0 Å². The highest BCUT2D eigenvalue weighted by Crippen LogP contribution is 2.07. The molecule has 0 aliphatic carbocycles. The molecule has 0 aliphatic rings. The first-order valence-electron chi connectivity index (χ1n) is 6.41. The molecule has 1 aromatic rings. The molecule has 3 nitrogen and oxygen atoms in total. The molecule has 18 heavy (non-hydrogen) atoms. The molecule has 1 rings (SSSR count). The SMILES string of the molecule is CCCN(CCO)Cc1ccc(C#CCN)cc1. The predicted molar refractivity (Wildman–Crippen MR) is 75.0 cm³/mol. The molecule has 0 unspecified atom stereocenters. The highest BCUT2D eigenvalue weighted by Gasteiger charge is 2.03. The van der Waals surface area contributed by atoms with E-state index in [1.165, 1.54) is 5.56 Å². The van der Waals surface area contributed by atoms with Crippen LogP contribution in [-0.4, -0.2) is 36.2 Å². The lowest BCUT2D eigenvalue weighted by Gasteiger charge is -2.20. The Labute approximate surface area is 110 Å². The maximum atomic E-state index is 9.01. The normalized spacial score (nSPS) is 10.2. The van der Waals surface area contributed by atoms with E-state index in [1.54, 1.807) is 0 Å². The fourth-order valence-corrected chi connectivity index (χ4v) is 1.83. The van der Waals surface area contributed by atoms with Gasteiger partial charge in [-0.15, -0.1) is 0 Å². The van der Waals surface area contributed by atoms with Gasteiger partial charge in [0.05, 0.1) is 13.2 Å². The van der Waals surface area contributed by atoms with Crippen molar-refractivity contribution in [1.29, 1.82) is 0 Å². The van der Waals surface area contributed by atoms with Gasteiger partial charge in [-0.3, -0.25) is 4.90 Å². The van der Waals surface area contributed by atoms with Gasteiger partial charge < -0.3 is 10.8 Å². The number of aliphatic hydroxyl groups is 1. The zero-order valence-electron chi connectivity index (χ0n) is 11.0. The second-order valence-electron chi connectivity index (χ2n) is 4.20. The van der Waals surface area contributed by atoms with Crippen LogP contribution in [0.1, 0.15) is 24.5 Å². The van der Waals surface area contributed by atoms with Gasteiger partial charge in [-0.05, 0) is 30.7 Å². The summed E-state index contributed by atoms with van der Waals surface area (Å²) in [4.78, 5) is 2.25. The summed E-state index contributed by atoms with van der Waals surface area (Å²) < 4.78 is 0. The van der Waals surface area contributed by atoms with Crippen molar-refractivity contribution in [3.63, 3.8) is 0 Å². The Bertz CT molecular complexity index is 383. The summed E-state index contributed by atoms with van der Waals surface area (Å²) in [6, 6.07) is 8.20. The standard InChI is InChI=1S/C15H22N2O/c1-2-10-17(11-12-18)13-15-7-5-14(6-8-15)4-3-9-16/h5-8,18H,2,9-13,16H2,1H3. The third-order valence-electron chi connectivity index (χ3n) is 2.65. The maximum Gasteiger partial charge on any atom is 0.0558 e. The molecule has 0 saturated carbocycles. The van der Waals surface area contributed by atoms with Gasteiger partial charge >= 0.3 is 0 Å². The lowest BCUT2D eigenvalue weighted by atomic mass is 10.1. The Morgan fingerprint density at radius 3 is 2.50 bits per heavy atom. The van der Waals surface area contributed by atoms with E-state index >= 15 is 0 Å². The van der Waals surface area contributed by atoms with Crippen LogP contribution >= 0.6 is 0 Å². The van der Waals surface area contributed by atoms with Gasteiger partial charge in [-0.1, -0.05) is 30.9 Å². The first kappa shape index (κ1) is 14.7. The molecule has 0 aliphatic heterocycles. The smallest absolute Gasteiger partial charge is 0.0558 e. The highest BCUT2D eigenvalue weighted by atomic mass is 16.3. The van der Waals surface area contributed by atoms with Crippen molar-refractivity contribution in [1.82, 2.24) is 4.90 Å². The van der Waals surface area contributed by atoms with Gasteiger partial charge in [-0.2, -0.15) is 0 Å². The van der Waals surface area contributed by atoms with E-state index < -0.39 is 0 Å². The molecule has 0 saturated heterocycles. The molecule has 0 amide bonds. The van der Waals surface area contributed by atoms with Crippen molar-refractivity contribution in [3.8, 4) is 11.8 Å². The van der Waals surface area contributed by atoms with Crippen LogP contribution in [0.15, 0.2) is 24.3 Å². The zero-order valence-corrected chi connectivity index (χ0v) is 11.0. The van der Waals surface area contributed by atoms with Gasteiger partial charge in [-0.25, -0.2) is 0 Å². The number of aliphatic hydroxyl groups excluding tert-OH is 1. The van der Waals surface area contributed by atoms with E-state index in [0.29, 0.717) is 6.54 Å². The minimum absolute atomic E-state index is 0.208. The summed E-state index contributed by atoms with van der Waals surface area (Å²) in [5, 5.41) is 9.01. The van der Waals surface area contributed by atoms with Crippen molar-refractivity contribution in [2.45, 2.75) is 19.9 Å². The van der Waals surface area contributed by atoms with E-state index in [-0.39, 0.29) is 6.61 Å². The van der Waals surface area contributed by atoms with Crippen LogP contribution in [0.2, 0.25) is 0 Å². The molecule has 0 heterocycles. The Morgan fingerprint density at radius 2 is 1.94 bits per heavy atom. The summed E-state index contributed by atoms with van der Waals surface area (Å²) in [6.45, 7) is 5.36. The summed E-state index contributed by atoms with van der Waals surface area (Å²) >= 11 is 0. The van der Waals surface area contributed by atoms with Crippen LogP contribution in [0.5, 0.6) is 0 Å². The second-order valence-corrected chi connectivity index (χ2v) is 4.20. The molecule has 0 radical (unpaired) electrons. The number of rotatable bonds is 6. The molecular weight excluding hydrogens is 224 g/mol. The molecular formula is C15H22N2O. The van der Waals surface area contributed by atoms with Crippen molar-refractivity contribution in [2.24, 2.45) is 5.73 Å². The molecule has 0 atom stereocenters. The van der Waals surface area contributed by atoms with Crippen LogP contribution in [-0.2, 0) is 6.54 Å². The lowest BCUT2D eigenvalue weighted by Crippen LogP contribution is -2.27. The predicted octanol–water partition coefficient (Wildman–Crippen LogP) is 1.20. The molecule has 1 aromatic carbocycles. The van der Waals surface area contributed by atoms with Crippen molar-refractivity contribution >= 4 is 0 Å². The van der Waals surface area contributed by atoms with E-state index in [0.717, 1.165) is 31.6 Å². The number of nitrogens with zero attached hydrogens (tertiary/aromatic N) is 1. The summed E-state index contributed by atoms with van der Waals surface area (Å²) in [7, 11) is 0. The Kier molecular flexibility index (Phi) is 7.12. The van der Waals surface area contributed by atoms with Crippen LogP contribution in [0.3, 0.4) is 0 Å². The first-order valence-corrected chi connectivity index (χ1v) is 6.41. The van der Waals surface area contributed by atoms with Crippen molar-refractivity contribution in [2.75, 3.05) is 26.2 Å². The Balaban J connectivity index is 2.60. The fourth-order valence-electron chi connectivity index (χ4n) is 1.83. The number of hydrogen-bond acceptors (Lipinski definition) is 3. The minimum Gasteiger partial charge on any atom is -0.395 e. The Morgan fingerprint density at radius 1 is 1.22 bits per heavy atom. The summed E-state index contributed by atoms with van der Waals surface area (Å²) in [5.41, 5.74) is 7.57. The molecule has 3 heteroatoms. The van der Waals surface area contributed by atoms with Gasteiger partial charge in [0, 0.05) is 18.7 Å². The van der Waals surface area contributed by atoms with E-state index in [1.807, 2.05) is 12.1 Å². The Hall–Kier alpha value is -1.34. The third-order valence-corrected chi connectivity index (χ3v) is 2.65. The monoisotopic (exact) mass is 246 g/mol. The molecule has 0 aromatic heterocycles. The maximum absolute atomic E-state index is 9.01. The van der Waals surface area contributed by atoms with Crippen LogP contribution < -0.4 is 5.73 Å². The second kappa shape index (κ2) is 8.71. The molecule has 0 bridgehead atoms. The van der Waals surface area contributed by atoms with Gasteiger partial charge in [0.25, 0.3) is 0 Å². The summed E-state index contributed by atoms with van der Waals surface area (Å²) in [5.74, 6) is 5.85. The van der Waals surface area contributed by atoms with E-state index in [4.69, 9.17) is 10.8 Å². The van der Waals surface area contributed by atoms with Gasteiger partial charge in [0.2, 0.25) is 0 Å². The number of nitrogens with two attached hydrogens (primary N) is 1. The summed E-state index contributed by atoms with van der Waals surface area (Å²) in [6.07, 6.45) is 1.10. The third kappa shape index (κ3) is 5.33. The van der Waals surface area contributed by atoms with Crippen molar-refractivity contribution in [3.05, 3.63) is 35.4 Å². The highest BCUT2D eigenvalue weighted by molar-refractivity contribution is 5.36. The number of hydrogen-bond donors (Lipinski definition) is 2. The molecule has 3 N–H and O–H groups in total. The van der Waals surface area contributed by atoms with Gasteiger partial charge in [0.15, 0.2) is 0 Å². The van der Waals surface area contributed by atoms with Crippen LogP contribution in [0.4, 0.5) is 0 Å². The lowest BCUT2D eigenvalue weighted by molar-refractivity contribution is 0.190.